The molecule has 0 amide bonds. The second-order valence-electron chi connectivity index (χ2n) is 5.19. The monoisotopic (exact) mass is 280 g/mol. The highest BCUT2D eigenvalue weighted by molar-refractivity contribution is 5.79. The topological polar surface area (TPSA) is 67.1 Å². The second-order valence-corrected chi connectivity index (χ2v) is 5.19. The molecule has 0 fully saturated rings. The lowest BCUT2D eigenvalue weighted by Gasteiger charge is -2.17. The molecule has 0 spiro atoms. The molecule has 6 nitrogen and oxygen atoms in total. The molecule has 0 aliphatic carbocycles. The summed E-state index contributed by atoms with van der Waals surface area (Å²) in [5, 5.41) is 14.9. The third kappa shape index (κ3) is 5.19. The van der Waals surface area contributed by atoms with E-state index in [4.69, 9.17) is 0 Å². The van der Waals surface area contributed by atoms with Crippen LogP contribution < -0.4 is 10.6 Å². The van der Waals surface area contributed by atoms with Crippen LogP contribution in [-0.2, 0) is 13.6 Å². The van der Waals surface area contributed by atoms with E-state index in [0.717, 1.165) is 24.0 Å². The van der Waals surface area contributed by atoms with Crippen molar-refractivity contribution < 1.29 is 0 Å². The molecular weight excluding hydrogens is 252 g/mol. The zero-order valence-electron chi connectivity index (χ0n) is 13.4. The lowest BCUT2D eigenvalue weighted by molar-refractivity contribution is 0.545. The minimum atomic E-state index is 0.425. The Morgan fingerprint density at radius 2 is 2.10 bits per heavy atom. The van der Waals surface area contributed by atoms with E-state index >= 15 is 0 Å². The molecule has 6 heteroatoms. The van der Waals surface area contributed by atoms with Gasteiger partial charge in [-0.1, -0.05) is 26.2 Å². The third-order valence-corrected chi connectivity index (χ3v) is 3.44. The first-order valence-corrected chi connectivity index (χ1v) is 7.40. The minimum absolute atomic E-state index is 0.425. The molecular formula is C14H28N6. The van der Waals surface area contributed by atoms with Gasteiger partial charge in [0.05, 0.1) is 6.54 Å². The Hall–Kier alpha value is -1.59. The van der Waals surface area contributed by atoms with Crippen LogP contribution in [0.25, 0.3) is 0 Å². The van der Waals surface area contributed by atoms with Crippen LogP contribution in [0.5, 0.6) is 0 Å². The van der Waals surface area contributed by atoms with Crippen LogP contribution in [0.3, 0.4) is 0 Å². The van der Waals surface area contributed by atoms with Crippen LogP contribution in [-0.4, -0.2) is 33.8 Å². The number of aromatic nitrogens is 3. The standard InChI is InChI=1S/C14H28N6/c1-6-7-8-9-11(2)17-14(15-4)16-10-13-19-18-12(3)20(13)5/h11H,6-10H2,1-5H3,(H2,15,16,17). The van der Waals surface area contributed by atoms with Crippen molar-refractivity contribution in [2.45, 2.75) is 59.0 Å². The summed E-state index contributed by atoms with van der Waals surface area (Å²) in [6.45, 7) is 6.98. The molecule has 1 aromatic heterocycles. The van der Waals surface area contributed by atoms with Crippen molar-refractivity contribution in [1.29, 1.82) is 0 Å². The van der Waals surface area contributed by atoms with Gasteiger partial charge in [0, 0.05) is 20.1 Å². The molecule has 0 saturated carbocycles. The number of rotatable bonds is 7. The first-order chi connectivity index (χ1) is 9.58. The molecule has 0 aliphatic rings. The van der Waals surface area contributed by atoms with Crippen LogP contribution in [0.15, 0.2) is 4.99 Å². The van der Waals surface area contributed by atoms with Crippen molar-refractivity contribution in [3.05, 3.63) is 11.6 Å². The zero-order chi connectivity index (χ0) is 15.0. The molecule has 0 aromatic carbocycles. The molecule has 1 heterocycles. The molecule has 114 valence electrons. The molecule has 1 unspecified atom stereocenters. The minimum Gasteiger partial charge on any atom is -0.354 e. The van der Waals surface area contributed by atoms with Crippen LogP contribution in [0.1, 0.15) is 51.2 Å². The Labute approximate surface area is 122 Å². The van der Waals surface area contributed by atoms with Gasteiger partial charge in [0.25, 0.3) is 0 Å². The number of unbranched alkanes of at least 4 members (excludes halogenated alkanes) is 2. The first-order valence-electron chi connectivity index (χ1n) is 7.40. The van der Waals surface area contributed by atoms with Gasteiger partial charge in [-0.05, 0) is 20.3 Å². The Balaban J connectivity index is 2.38. The lowest BCUT2D eigenvalue weighted by atomic mass is 10.1. The highest BCUT2D eigenvalue weighted by atomic mass is 15.3. The fourth-order valence-electron chi connectivity index (χ4n) is 1.97. The zero-order valence-corrected chi connectivity index (χ0v) is 13.4. The molecule has 1 rings (SSSR count). The first kappa shape index (κ1) is 16.5. The molecule has 1 aromatic rings. The van der Waals surface area contributed by atoms with Gasteiger partial charge < -0.3 is 15.2 Å². The number of guanidine groups is 1. The van der Waals surface area contributed by atoms with E-state index in [2.05, 4.69) is 39.7 Å². The van der Waals surface area contributed by atoms with E-state index < -0.39 is 0 Å². The van der Waals surface area contributed by atoms with Gasteiger partial charge in [-0.3, -0.25) is 4.99 Å². The molecule has 1 atom stereocenters. The Kier molecular flexibility index (Phi) is 7.04. The Bertz CT molecular complexity index is 423. The van der Waals surface area contributed by atoms with E-state index in [1.165, 1.54) is 19.3 Å². The summed E-state index contributed by atoms with van der Waals surface area (Å²) in [7, 11) is 3.76. The maximum atomic E-state index is 4.24. The molecule has 2 N–H and O–H groups in total. The lowest BCUT2D eigenvalue weighted by Crippen LogP contribution is -2.42. The summed E-state index contributed by atoms with van der Waals surface area (Å²) < 4.78 is 1.98. The molecule has 0 saturated heterocycles. The SMILES string of the molecule is CCCCCC(C)NC(=NC)NCc1nnc(C)n1C. The molecule has 0 bridgehead atoms. The molecule has 20 heavy (non-hydrogen) atoms. The van der Waals surface area contributed by atoms with Gasteiger partial charge in [0.15, 0.2) is 11.8 Å². The highest BCUT2D eigenvalue weighted by Crippen LogP contribution is 2.02. The predicted octanol–water partition coefficient (Wildman–Crippen LogP) is 1.76. The van der Waals surface area contributed by atoms with Gasteiger partial charge >= 0.3 is 0 Å². The number of nitrogens with zero attached hydrogens (tertiary/aromatic N) is 4. The number of hydrogen-bond donors (Lipinski definition) is 2. The summed E-state index contributed by atoms with van der Waals surface area (Å²) in [6.07, 6.45) is 4.96. The van der Waals surface area contributed by atoms with Crippen LogP contribution in [0.4, 0.5) is 0 Å². The van der Waals surface area contributed by atoms with Gasteiger partial charge in [-0.25, -0.2) is 0 Å². The van der Waals surface area contributed by atoms with Crippen molar-refractivity contribution in [1.82, 2.24) is 25.4 Å². The predicted molar refractivity (Wildman–Crippen MR) is 82.7 cm³/mol. The smallest absolute Gasteiger partial charge is 0.191 e. The van der Waals surface area contributed by atoms with E-state index in [1.807, 2.05) is 18.5 Å². The van der Waals surface area contributed by atoms with Gasteiger partial charge in [-0.2, -0.15) is 0 Å². The summed E-state index contributed by atoms with van der Waals surface area (Å²) in [5.74, 6) is 2.64. The van der Waals surface area contributed by atoms with E-state index in [-0.39, 0.29) is 0 Å². The maximum Gasteiger partial charge on any atom is 0.191 e. The third-order valence-electron chi connectivity index (χ3n) is 3.44. The fraction of sp³-hybridized carbons (Fsp3) is 0.786. The Morgan fingerprint density at radius 3 is 2.65 bits per heavy atom. The average molecular weight is 280 g/mol. The van der Waals surface area contributed by atoms with Crippen LogP contribution >= 0.6 is 0 Å². The Morgan fingerprint density at radius 1 is 1.35 bits per heavy atom. The number of aliphatic imine (C=N–C) groups is 1. The van der Waals surface area contributed by atoms with Crippen molar-refractivity contribution in [2.24, 2.45) is 12.0 Å². The highest BCUT2D eigenvalue weighted by Gasteiger charge is 2.08. The fourth-order valence-corrected chi connectivity index (χ4v) is 1.97. The quantitative estimate of drug-likeness (QED) is 0.454. The van der Waals surface area contributed by atoms with Crippen molar-refractivity contribution in [3.63, 3.8) is 0 Å². The van der Waals surface area contributed by atoms with Crippen LogP contribution in [0.2, 0.25) is 0 Å². The molecule has 0 radical (unpaired) electrons. The van der Waals surface area contributed by atoms with Crippen molar-refractivity contribution in [3.8, 4) is 0 Å². The van der Waals surface area contributed by atoms with Crippen molar-refractivity contribution in [2.75, 3.05) is 7.05 Å². The van der Waals surface area contributed by atoms with E-state index in [0.29, 0.717) is 12.6 Å². The van der Waals surface area contributed by atoms with E-state index in [1.54, 1.807) is 7.05 Å². The average Bonchev–Trinajstić information content (AvgIpc) is 2.75. The number of nitrogens with one attached hydrogen (secondary N) is 2. The van der Waals surface area contributed by atoms with Gasteiger partial charge in [0.1, 0.15) is 5.82 Å². The van der Waals surface area contributed by atoms with Crippen LogP contribution in [0, 0.1) is 6.92 Å². The van der Waals surface area contributed by atoms with Gasteiger partial charge in [0.2, 0.25) is 0 Å². The number of hydrogen-bond acceptors (Lipinski definition) is 3. The normalized spacial score (nSPS) is 13.3. The van der Waals surface area contributed by atoms with Crippen molar-refractivity contribution >= 4 is 5.96 Å². The van der Waals surface area contributed by atoms with E-state index in [9.17, 15) is 0 Å². The summed E-state index contributed by atoms with van der Waals surface area (Å²) >= 11 is 0. The summed E-state index contributed by atoms with van der Waals surface area (Å²) in [5.41, 5.74) is 0. The summed E-state index contributed by atoms with van der Waals surface area (Å²) in [6, 6.07) is 0.425. The largest absolute Gasteiger partial charge is 0.354 e. The second kappa shape index (κ2) is 8.55. The number of aryl methyl sites for hydroxylation is 1. The molecule has 0 aliphatic heterocycles. The van der Waals surface area contributed by atoms with Gasteiger partial charge in [-0.15, -0.1) is 10.2 Å². The maximum absolute atomic E-state index is 4.24. The summed E-state index contributed by atoms with van der Waals surface area (Å²) in [4.78, 5) is 4.24.